The topological polar surface area (TPSA) is 52.7 Å². The van der Waals surface area contributed by atoms with Gasteiger partial charge in [0.1, 0.15) is 0 Å². The molecular formula is C15H22BrN3O2. The van der Waals surface area contributed by atoms with Crippen LogP contribution in [0.25, 0.3) is 0 Å². The molecule has 0 saturated carbocycles. The van der Waals surface area contributed by atoms with Crippen molar-refractivity contribution in [3.8, 4) is 0 Å². The Morgan fingerprint density at radius 3 is 2.48 bits per heavy atom. The third-order valence-corrected chi connectivity index (χ3v) is 3.47. The number of amides is 2. The lowest BCUT2D eigenvalue weighted by Gasteiger charge is -2.22. The molecule has 116 valence electrons. The molecular weight excluding hydrogens is 334 g/mol. The van der Waals surface area contributed by atoms with Gasteiger partial charge in [-0.15, -0.1) is 0 Å². The predicted octanol–water partition coefficient (Wildman–Crippen LogP) is 2.19. The molecule has 1 aromatic rings. The number of carbonyl (C=O) groups is 2. The van der Waals surface area contributed by atoms with E-state index in [1.807, 2.05) is 43.3 Å². The van der Waals surface area contributed by atoms with Gasteiger partial charge in [0.15, 0.2) is 0 Å². The smallest absolute Gasteiger partial charge is 0.226 e. The Balaban J connectivity index is 2.44. The summed E-state index contributed by atoms with van der Waals surface area (Å²) in [6, 6.07) is 7.43. The van der Waals surface area contributed by atoms with Crippen LogP contribution in [-0.4, -0.2) is 55.3 Å². The Kier molecular flexibility index (Phi) is 7.39. The molecule has 1 aromatic carbocycles. The molecule has 0 heterocycles. The SMILES string of the molecule is CC(=O)N(CCC(=O)Nc1cccc(Br)c1)CCN(C)C. The van der Waals surface area contributed by atoms with Crippen molar-refractivity contribution in [2.75, 3.05) is 39.0 Å². The summed E-state index contributed by atoms with van der Waals surface area (Å²) in [5, 5.41) is 2.82. The van der Waals surface area contributed by atoms with Crippen LogP contribution in [0.15, 0.2) is 28.7 Å². The van der Waals surface area contributed by atoms with Gasteiger partial charge in [0, 0.05) is 43.1 Å². The first-order valence-electron chi connectivity index (χ1n) is 6.84. The van der Waals surface area contributed by atoms with Crippen molar-refractivity contribution in [3.63, 3.8) is 0 Å². The van der Waals surface area contributed by atoms with Crippen LogP contribution in [0.3, 0.4) is 0 Å². The highest BCUT2D eigenvalue weighted by Gasteiger charge is 2.11. The van der Waals surface area contributed by atoms with Gasteiger partial charge < -0.3 is 15.1 Å². The molecule has 0 aromatic heterocycles. The van der Waals surface area contributed by atoms with E-state index in [2.05, 4.69) is 21.2 Å². The number of anilines is 1. The zero-order chi connectivity index (χ0) is 15.8. The van der Waals surface area contributed by atoms with Crippen molar-refractivity contribution in [1.29, 1.82) is 0 Å². The van der Waals surface area contributed by atoms with E-state index in [0.717, 1.165) is 16.7 Å². The molecule has 1 rings (SSSR count). The minimum Gasteiger partial charge on any atom is -0.341 e. The molecule has 0 aliphatic rings. The number of hydrogen-bond donors (Lipinski definition) is 1. The Morgan fingerprint density at radius 2 is 1.90 bits per heavy atom. The van der Waals surface area contributed by atoms with Gasteiger partial charge in [0.05, 0.1) is 0 Å². The molecule has 1 N–H and O–H groups in total. The number of halogens is 1. The van der Waals surface area contributed by atoms with E-state index in [1.165, 1.54) is 6.92 Å². The minimum atomic E-state index is -0.0933. The van der Waals surface area contributed by atoms with E-state index in [9.17, 15) is 9.59 Å². The molecule has 21 heavy (non-hydrogen) atoms. The van der Waals surface area contributed by atoms with Crippen LogP contribution in [0.5, 0.6) is 0 Å². The summed E-state index contributed by atoms with van der Waals surface area (Å²) in [7, 11) is 3.91. The Morgan fingerprint density at radius 1 is 1.19 bits per heavy atom. The van der Waals surface area contributed by atoms with Gasteiger partial charge in [-0.3, -0.25) is 9.59 Å². The second kappa shape index (κ2) is 8.79. The van der Waals surface area contributed by atoms with E-state index >= 15 is 0 Å². The van der Waals surface area contributed by atoms with Gasteiger partial charge in [-0.05, 0) is 32.3 Å². The molecule has 0 atom stereocenters. The van der Waals surface area contributed by atoms with Crippen LogP contribution in [0.4, 0.5) is 5.69 Å². The molecule has 0 aliphatic heterocycles. The summed E-state index contributed by atoms with van der Waals surface area (Å²) in [5.74, 6) is -0.101. The van der Waals surface area contributed by atoms with Gasteiger partial charge in [-0.1, -0.05) is 22.0 Å². The number of likely N-dealkylation sites (N-methyl/N-ethyl adjacent to an activating group) is 1. The van der Waals surface area contributed by atoms with Crippen LogP contribution < -0.4 is 5.32 Å². The van der Waals surface area contributed by atoms with E-state index in [0.29, 0.717) is 19.5 Å². The number of carbonyl (C=O) groups excluding carboxylic acids is 2. The Labute approximate surface area is 134 Å². The maximum absolute atomic E-state index is 11.9. The van der Waals surface area contributed by atoms with Crippen molar-refractivity contribution >= 4 is 33.4 Å². The van der Waals surface area contributed by atoms with Gasteiger partial charge in [0.2, 0.25) is 11.8 Å². The lowest BCUT2D eigenvalue weighted by molar-refractivity contribution is -0.129. The second-order valence-electron chi connectivity index (χ2n) is 5.12. The van der Waals surface area contributed by atoms with Crippen molar-refractivity contribution in [2.24, 2.45) is 0 Å². The lowest BCUT2D eigenvalue weighted by atomic mass is 10.3. The number of benzene rings is 1. The molecule has 0 radical (unpaired) electrons. The fourth-order valence-corrected chi connectivity index (χ4v) is 2.17. The zero-order valence-electron chi connectivity index (χ0n) is 12.7. The van der Waals surface area contributed by atoms with E-state index < -0.39 is 0 Å². The number of nitrogens with zero attached hydrogens (tertiary/aromatic N) is 2. The lowest BCUT2D eigenvalue weighted by Crippen LogP contribution is -2.37. The average molecular weight is 356 g/mol. The summed E-state index contributed by atoms with van der Waals surface area (Å²) in [6.45, 7) is 3.38. The third-order valence-electron chi connectivity index (χ3n) is 2.98. The highest BCUT2D eigenvalue weighted by atomic mass is 79.9. The second-order valence-corrected chi connectivity index (χ2v) is 6.03. The predicted molar refractivity (Wildman–Crippen MR) is 88.2 cm³/mol. The maximum atomic E-state index is 11.9. The minimum absolute atomic E-state index is 0.00731. The number of nitrogens with one attached hydrogen (secondary N) is 1. The maximum Gasteiger partial charge on any atom is 0.226 e. The molecule has 6 heteroatoms. The van der Waals surface area contributed by atoms with Gasteiger partial charge in [-0.25, -0.2) is 0 Å². The largest absolute Gasteiger partial charge is 0.341 e. The summed E-state index contributed by atoms with van der Waals surface area (Å²) in [6.07, 6.45) is 0.291. The Hall–Kier alpha value is -1.40. The molecule has 0 bridgehead atoms. The van der Waals surface area contributed by atoms with Gasteiger partial charge in [0.25, 0.3) is 0 Å². The molecule has 0 aliphatic carbocycles. The molecule has 0 unspecified atom stereocenters. The zero-order valence-corrected chi connectivity index (χ0v) is 14.3. The van der Waals surface area contributed by atoms with Gasteiger partial charge >= 0.3 is 0 Å². The van der Waals surface area contributed by atoms with Crippen LogP contribution >= 0.6 is 15.9 Å². The third kappa shape index (κ3) is 7.24. The molecule has 0 saturated heterocycles. The fourth-order valence-electron chi connectivity index (χ4n) is 1.77. The molecule has 0 fully saturated rings. The van der Waals surface area contributed by atoms with E-state index in [4.69, 9.17) is 0 Å². The highest BCUT2D eigenvalue weighted by Crippen LogP contribution is 2.15. The molecule has 0 spiro atoms. The number of hydrogen-bond acceptors (Lipinski definition) is 3. The van der Waals surface area contributed by atoms with Gasteiger partial charge in [-0.2, -0.15) is 0 Å². The first-order valence-corrected chi connectivity index (χ1v) is 7.63. The summed E-state index contributed by atoms with van der Waals surface area (Å²) in [4.78, 5) is 27.2. The highest BCUT2D eigenvalue weighted by molar-refractivity contribution is 9.10. The van der Waals surface area contributed by atoms with Crippen molar-refractivity contribution < 1.29 is 9.59 Å². The van der Waals surface area contributed by atoms with Crippen molar-refractivity contribution in [3.05, 3.63) is 28.7 Å². The van der Waals surface area contributed by atoms with Crippen LogP contribution in [-0.2, 0) is 9.59 Å². The Bertz CT molecular complexity index is 492. The average Bonchev–Trinajstić information content (AvgIpc) is 2.37. The van der Waals surface area contributed by atoms with E-state index in [-0.39, 0.29) is 11.8 Å². The van der Waals surface area contributed by atoms with E-state index in [1.54, 1.807) is 4.90 Å². The van der Waals surface area contributed by atoms with Crippen molar-refractivity contribution in [1.82, 2.24) is 9.80 Å². The van der Waals surface area contributed by atoms with Crippen LogP contribution in [0, 0.1) is 0 Å². The fraction of sp³-hybridized carbons (Fsp3) is 0.467. The summed E-state index contributed by atoms with van der Waals surface area (Å²) >= 11 is 3.36. The molecule has 5 nitrogen and oxygen atoms in total. The molecule has 2 amide bonds. The number of rotatable bonds is 7. The normalized spacial score (nSPS) is 10.5. The van der Waals surface area contributed by atoms with Crippen LogP contribution in [0.2, 0.25) is 0 Å². The monoisotopic (exact) mass is 355 g/mol. The standard InChI is InChI=1S/C15H22BrN3O2/c1-12(20)19(10-9-18(2)3)8-7-15(21)17-14-6-4-5-13(16)11-14/h4-6,11H,7-10H2,1-3H3,(H,17,21). The van der Waals surface area contributed by atoms with Crippen molar-refractivity contribution in [2.45, 2.75) is 13.3 Å². The van der Waals surface area contributed by atoms with Crippen LogP contribution in [0.1, 0.15) is 13.3 Å². The quantitative estimate of drug-likeness (QED) is 0.815. The summed E-state index contributed by atoms with van der Waals surface area (Å²) < 4.78 is 0.914. The first-order chi connectivity index (χ1) is 9.88. The summed E-state index contributed by atoms with van der Waals surface area (Å²) in [5.41, 5.74) is 0.747. The first kappa shape index (κ1) is 17.7.